The van der Waals surface area contributed by atoms with Gasteiger partial charge in [0.15, 0.2) is 0 Å². The summed E-state index contributed by atoms with van der Waals surface area (Å²) in [5.41, 5.74) is 1.38. The van der Waals surface area contributed by atoms with Gasteiger partial charge in [0, 0.05) is 30.4 Å². The SMILES string of the molecule is CC(C)NC(=O)CNc1cccc(C(=O)N2CCOCC2)c1. The second kappa shape index (κ2) is 7.79. The van der Waals surface area contributed by atoms with Crippen LogP contribution >= 0.6 is 0 Å². The van der Waals surface area contributed by atoms with Gasteiger partial charge >= 0.3 is 0 Å². The van der Waals surface area contributed by atoms with E-state index in [-0.39, 0.29) is 24.4 Å². The predicted molar refractivity (Wildman–Crippen MR) is 84.9 cm³/mol. The molecule has 0 bridgehead atoms. The molecule has 1 aromatic carbocycles. The number of amides is 2. The number of carbonyl (C=O) groups is 2. The summed E-state index contributed by atoms with van der Waals surface area (Å²) in [7, 11) is 0. The van der Waals surface area contributed by atoms with Crippen LogP contribution in [0.25, 0.3) is 0 Å². The zero-order chi connectivity index (χ0) is 15.9. The van der Waals surface area contributed by atoms with Crippen molar-refractivity contribution in [3.8, 4) is 0 Å². The fraction of sp³-hybridized carbons (Fsp3) is 0.500. The maximum atomic E-state index is 12.4. The first-order valence-electron chi connectivity index (χ1n) is 7.56. The number of rotatable bonds is 5. The highest BCUT2D eigenvalue weighted by atomic mass is 16.5. The minimum atomic E-state index is -0.0695. The van der Waals surface area contributed by atoms with Gasteiger partial charge in [0.05, 0.1) is 19.8 Å². The van der Waals surface area contributed by atoms with E-state index in [1.54, 1.807) is 17.0 Å². The summed E-state index contributed by atoms with van der Waals surface area (Å²) in [5.74, 6) is -0.0708. The fourth-order valence-corrected chi connectivity index (χ4v) is 2.27. The Morgan fingerprint density at radius 1 is 1.27 bits per heavy atom. The van der Waals surface area contributed by atoms with Crippen molar-refractivity contribution in [2.24, 2.45) is 0 Å². The van der Waals surface area contributed by atoms with Crippen molar-refractivity contribution in [1.29, 1.82) is 0 Å². The molecule has 0 spiro atoms. The largest absolute Gasteiger partial charge is 0.378 e. The first-order chi connectivity index (χ1) is 10.6. The van der Waals surface area contributed by atoms with E-state index in [1.165, 1.54) is 0 Å². The molecule has 0 unspecified atom stereocenters. The standard InChI is InChI=1S/C16H23N3O3/c1-12(2)18-15(20)11-17-14-5-3-4-13(10-14)16(21)19-6-8-22-9-7-19/h3-5,10,12,17H,6-9,11H2,1-2H3,(H,18,20). The van der Waals surface area contributed by atoms with Gasteiger partial charge in [0.25, 0.3) is 5.91 Å². The van der Waals surface area contributed by atoms with E-state index in [0.29, 0.717) is 31.9 Å². The molecule has 0 aliphatic carbocycles. The van der Waals surface area contributed by atoms with Crippen molar-refractivity contribution in [3.05, 3.63) is 29.8 Å². The molecule has 2 N–H and O–H groups in total. The smallest absolute Gasteiger partial charge is 0.254 e. The summed E-state index contributed by atoms with van der Waals surface area (Å²) in [5, 5.41) is 5.85. The van der Waals surface area contributed by atoms with E-state index >= 15 is 0 Å². The summed E-state index contributed by atoms with van der Waals surface area (Å²) >= 11 is 0. The summed E-state index contributed by atoms with van der Waals surface area (Å²) in [6.07, 6.45) is 0. The molecule has 1 aromatic rings. The number of nitrogens with one attached hydrogen (secondary N) is 2. The summed E-state index contributed by atoms with van der Waals surface area (Å²) in [6, 6.07) is 7.34. The van der Waals surface area contributed by atoms with Gasteiger partial charge in [-0.1, -0.05) is 6.07 Å². The third-order valence-corrected chi connectivity index (χ3v) is 3.31. The second-order valence-corrected chi connectivity index (χ2v) is 5.56. The molecule has 1 aliphatic rings. The van der Waals surface area contributed by atoms with Gasteiger partial charge in [0.1, 0.15) is 0 Å². The van der Waals surface area contributed by atoms with Gasteiger partial charge in [-0.15, -0.1) is 0 Å². The van der Waals surface area contributed by atoms with Crippen LogP contribution in [0, 0.1) is 0 Å². The number of benzene rings is 1. The topological polar surface area (TPSA) is 70.7 Å². The van der Waals surface area contributed by atoms with Crippen LogP contribution < -0.4 is 10.6 Å². The van der Waals surface area contributed by atoms with Crippen LogP contribution in [0.4, 0.5) is 5.69 Å². The monoisotopic (exact) mass is 305 g/mol. The molecule has 2 rings (SSSR count). The van der Waals surface area contributed by atoms with Gasteiger partial charge in [0.2, 0.25) is 5.91 Å². The van der Waals surface area contributed by atoms with Gasteiger partial charge in [-0.25, -0.2) is 0 Å². The normalized spacial score (nSPS) is 14.8. The molecule has 0 atom stereocenters. The van der Waals surface area contributed by atoms with Gasteiger partial charge in [-0.3, -0.25) is 9.59 Å². The molecule has 120 valence electrons. The second-order valence-electron chi connectivity index (χ2n) is 5.56. The molecule has 0 saturated carbocycles. The van der Waals surface area contributed by atoms with E-state index < -0.39 is 0 Å². The van der Waals surface area contributed by atoms with Crippen LogP contribution in [0.1, 0.15) is 24.2 Å². The maximum Gasteiger partial charge on any atom is 0.254 e. The Labute approximate surface area is 130 Å². The van der Waals surface area contributed by atoms with Crippen LogP contribution in [0.15, 0.2) is 24.3 Å². The Bertz CT molecular complexity index is 525. The Kier molecular flexibility index (Phi) is 5.77. The van der Waals surface area contributed by atoms with Crippen molar-refractivity contribution in [1.82, 2.24) is 10.2 Å². The molecule has 2 amide bonds. The third-order valence-electron chi connectivity index (χ3n) is 3.31. The molecule has 6 nitrogen and oxygen atoms in total. The fourth-order valence-electron chi connectivity index (χ4n) is 2.27. The van der Waals surface area contributed by atoms with Crippen LogP contribution in [0.2, 0.25) is 0 Å². The molecule has 1 heterocycles. The van der Waals surface area contributed by atoms with Crippen LogP contribution in [-0.2, 0) is 9.53 Å². The van der Waals surface area contributed by atoms with Crippen LogP contribution in [0.5, 0.6) is 0 Å². The van der Waals surface area contributed by atoms with Crippen LogP contribution in [0.3, 0.4) is 0 Å². The minimum Gasteiger partial charge on any atom is -0.378 e. The average Bonchev–Trinajstić information content (AvgIpc) is 2.53. The number of anilines is 1. The average molecular weight is 305 g/mol. The lowest BCUT2D eigenvalue weighted by molar-refractivity contribution is -0.119. The van der Waals surface area contributed by atoms with Crippen LogP contribution in [-0.4, -0.2) is 55.6 Å². The Morgan fingerprint density at radius 3 is 2.68 bits per heavy atom. The summed E-state index contributed by atoms with van der Waals surface area (Å²) < 4.78 is 5.26. The highest BCUT2D eigenvalue weighted by Gasteiger charge is 2.18. The number of nitrogens with zero attached hydrogens (tertiary/aromatic N) is 1. The van der Waals surface area contributed by atoms with Crippen molar-refractivity contribution in [3.63, 3.8) is 0 Å². The van der Waals surface area contributed by atoms with Gasteiger partial charge in [-0.05, 0) is 32.0 Å². The van der Waals surface area contributed by atoms with E-state index in [2.05, 4.69) is 10.6 Å². The molecule has 1 saturated heterocycles. The van der Waals surface area contributed by atoms with E-state index in [1.807, 2.05) is 26.0 Å². The first-order valence-corrected chi connectivity index (χ1v) is 7.56. The quantitative estimate of drug-likeness (QED) is 0.854. The van der Waals surface area contributed by atoms with Crippen molar-refractivity contribution >= 4 is 17.5 Å². The lowest BCUT2D eigenvalue weighted by Gasteiger charge is -2.27. The van der Waals surface area contributed by atoms with E-state index in [0.717, 1.165) is 5.69 Å². The predicted octanol–water partition coefficient (Wildman–Crippen LogP) is 1.10. The molecule has 0 aromatic heterocycles. The number of hydrogen-bond acceptors (Lipinski definition) is 4. The summed E-state index contributed by atoms with van der Waals surface area (Å²) in [6.45, 7) is 6.42. The zero-order valence-electron chi connectivity index (χ0n) is 13.1. The van der Waals surface area contributed by atoms with Gasteiger partial charge in [-0.2, -0.15) is 0 Å². The maximum absolute atomic E-state index is 12.4. The Balaban J connectivity index is 1.94. The lowest BCUT2D eigenvalue weighted by Crippen LogP contribution is -2.40. The zero-order valence-corrected chi connectivity index (χ0v) is 13.1. The minimum absolute atomic E-state index is 0.00131. The highest BCUT2D eigenvalue weighted by Crippen LogP contribution is 2.13. The van der Waals surface area contributed by atoms with E-state index in [4.69, 9.17) is 4.74 Å². The molecule has 6 heteroatoms. The molecular formula is C16H23N3O3. The first kappa shape index (κ1) is 16.3. The third kappa shape index (κ3) is 4.73. The molecule has 1 aliphatic heterocycles. The number of morpholine rings is 1. The molecule has 22 heavy (non-hydrogen) atoms. The van der Waals surface area contributed by atoms with Crippen molar-refractivity contribution in [2.45, 2.75) is 19.9 Å². The number of carbonyl (C=O) groups excluding carboxylic acids is 2. The van der Waals surface area contributed by atoms with E-state index in [9.17, 15) is 9.59 Å². The Hall–Kier alpha value is -2.08. The number of hydrogen-bond donors (Lipinski definition) is 2. The highest BCUT2D eigenvalue weighted by molar-refractivity contribution is 5.95. The van der Waals surface area contributed by atoms with Crippen molar-refractivity contribution in [2.75, 3.05) is 38.2 Å². The number of ether oxygens (including phenoxy) is 1. The molecular weight excluding hydrogens is 282 g/mol. The Morgan fingerprint density at radius 2 is 2.00 bits per heavy atom. The lowest BCUT2D eigenvalue weighted by atomic mass is 10.1. The van der Waals surface area contributed by atoms with Gasteiger partial charge < -0.3 is 20.3 Å². The summed E-state index contributed by atoms with van der Waals surface area (Å²) in [4.78, 5) is 25.8. The van der Waals surface area contributed by atoms with Crippen molar-refractivity contribution < 1.29 is 14.3 Å². The molecule has 1 fully saturated rings. The molecule has 0 radical (unpaired) electrons.